The van der Waals surface area contributed by atoms with Gasteiger partial charge in [-0.3, -0.25) is 9.59 Å². The molecule has 176 valence electrons. The van der Waals surface area contributed by atoms with Gasteiger partial charge in [-0.2, -0.15) is 13.2 Å². The summed E-state index contributed by atoms with van der Waals surface area (Å²) in [5, 5.41) is 5.22. The number of benzene rings is 3. The minimum atomic E-state index is -4.47. The molecule has 3 rings (SSSR count). The van der Waals surface area contributed by atoms with Crippen molar-refractivity contribution in [1.29, 1.82) is 0 Å². The molecule has 0 aliphatic heterocycles. The molecule has 1 atom stereocenters. The SMILES string of the molecule is CC(=O)Nc1ccc(NC(=O)[C@@H](C)OC(=O)c2ccccc2-c2ccc(C(F)(F)F)cc2)cc1. The fourth-order valence-corrected chi connectivity index (χ4v) is 3.11. The summed E-state index contributed by atoms with van der Waals surface area (Å²) in [5.74, 6) is -1.60. The number of halogens is 3. The van der Waals surface area contributed by atoms with Gasteiger partial charge in [0, 0.05) is 18.3 Å². The molecule has 2 amide bonds. The Labute approximate surface area is 193 Å². The molecule has 0 saturated heterocycles. The van der Waals surface area contributed by atoms with Gasteiger partial charge in [0.25, 0.3) is 5.91 Å². The van der Waals surface area contributed by atoms with Crippen LogP contribution in [0.15, 0.2) is 72.8 Å². The lowest BCUT2D eigenvalue weighted by Crippen LogP contribution is -2.30. The van der Waals surface area contributed by atoms with Crippen molar-refractivity contribution >= 4 is 29.2 Å². The van der Waals surface area contributed by atoms with Crippen molar-refractivity contribution in [3.8, 4) is 11.1 Å². The van der Waals surface area contributed by atoms with Crippen LogP contribution in [0.25, 0.3) is 11.1 Å². The van der Waals surface area contributed by atoms with Gasteiger partial charge in [0.15, 0.2) is 6.10 Å². The molecule has 9 heteroatoms. The van der Waals surface area contributed by atoms with Crippen LogP contribution in [-0.2, 0) is 20.5 Å². The van der Waals surface area contributed by atoms with Gasteiger partial charge in [-0.05, 0) is 60.5 Å². The van der Waals surface area contributed by atoms with E-state index in [2.05, 4.69) is 10.6 Å². The fraction of sp³-hybridized carbons (Fsp3) is 0.160. The number of carbonyl (C=O) groups excluding carboxylic acids is 3. The van der Waals surface area contributed by atoms with Crippen molar-refractivity contribution in [3.05, 3.63) is 83.9 Å². The summed E-state index contributed by atoms with van der Waals surface area (Å²) >= 11 is 0. The molecule has 0 bridgehead atoms. The summed E-state index contributed by atoms with van der Waals surface area (Å²) in [6, 6.07) is 17.1. The highest BCUT2D eigenvalue weighted by Gasteiger charge is 2.30. The monoisotopic (exact) mass is 470 g/mol. The van der Waals surface area contributed by atoms with Gasteiger partial charge in [0.1, 0.15) is 0 Å². The average Bonchev–Trinajstić information content (AvgIpc) is 2.79. The van der Waals surface area contributed by atoms with Gasteiger partial charge in [-0.15, -0.1) is 0 Å². The maximum Gasteiger partial charge on any atom is 0.416 e. The Balaban J connectivity index is 1.69. The molecule has 6 nitrogen and oxygen atoms in total. The number of ether oxygens (including phenoxy) is 1. The largest absolute Gasteiger partial charge is 0.449 e. The van der Waals surface area contributed by atoms with Crippen LogP contribution in [0, 0.1) is 0 Å². The Morgan fingerprint density at radius 2 is 1.38 bits per heavy atom. The first-order valence-electron chi connectivity index (χ1n) is 10.2. The predicted molar refractivity (Wildman–Crippen MR) is 121 cm³/mol. The average molecular weight is 470 g/mol. The van der Waals surface area contributed by atoms with Crippen LogP contribution in [0.2, 0.25) is 0 Å². The smallest absolute Gasteiger partial charge is 0.416 e. The number of alkyl halides is 3. The maximum atomic E-state index is 12.8. The molecular formula is C25H21F3N2O4. The van der Waals surface area contributed by atoms with Crippen LogP contribution in [0.4, 0.5) is 24.5 Å². The van der Waals surface area contributed by atoms with Gasteiger partial charge in [-0.1, -0.05) is 30.3 Å². The summed E-state index contributed by atoms with van der Waals surface area (Å²) in [7, 11) is 0. The molecule has 0 saturated carbocycles. The first-order valence-corrected chi connectivity index (χ1v) is 10.2. The zero-order valence-corrected chi connectivity index (χ0v) is 18.3. The number of rotatable bonds is 6. The van der Waals surface area contributed by atoms with E-state index < -0.39 is 29.7 Å². The summed E-state index contributed by atoms with van der Waals surface area (Å²) in [5.41, 5.74) is 1.09. The first kappa shape index (κ1) is 24.5. The van der Waals surface area contributed by atoms with Crippen molar-refractivity contribution in [2.75, 3.05) is 10.6 Å². The van der Waals surface area contributed by atoms with Gasteiger partial charge < -0.3 is 15.4 Å². The van der Waals surface area contributed by atoms with Crippen LogP contribution in [0.5, 0.6) is 0 Å². The van der Waals surface area contributed by atoms with E-state index in [-0.39, 0.29) is 11.5 Å². The molecular weight excluding hydrogens is 449 g/mol. The number of carbonyl (C=O) groups is 3. The molecule has 0 aromatic heterocycles. The Bertz CT molecular complexity index is 1190. The highest BCUT2D eigenvalue weighted by Crippen LogP contribution is 2.32. The molecule has 2 N–H and O–H groups in total. The number of hydrogen-bond donors (Lipinski definition) is 2. The minimum absolute atomic E-state index is 0.113. The number of nitrogens with one attached hydrogen (secondary N) is 2. The van der Waals surface area contributed by atoms with Crippen LogP contribution in [0.3, 0.4) is 0 Å². The topological polar surface area (TPSA) is 84.5 Å². The Hall–Kier alpha value is -4.14. The van der Waals surface area contributed by atoms with Gasteiger partial charge in [0.05, 0.1) is 11.1 Å². The lowest BCUT2D eigenvalue weighted by atomic mass is 9.98. The number of amides is 2. The molecule has 0 fully saturated rings. The fourth-order valence-electron chi connectivity index (χ4n) is 3.11. The molecule has 3 aromatic rings. The van der Waals surface area contributed by atoms with Gasteiger partial charge >= 0.3 is 12.1 Å². The third kappa shape index (κ3) is 6.22. The van der Waals surface area contributed by atoms with Crippen LogP contribution in [0.1, 0.15) is 29.8 Å². The van der Waals surface area contributed by atoms with Crippen molar-refractivity contribution in [3.63, 3.8) is 0 Å². The van der Waals surface area contributed by atoms with E-state index >= 15 is 0 Å². The van der Waals surface area contributed by atoms with E-state index in [0.29, 0.717) is 22.5 Å². The van der Waals surface area contributed by atoms with E-state index in [1.54, 1.807) is 42.5 Å². The molecule has 0 spiro atoms. The third-order valence-corrected chi connectivity index (χ3v) is 4.80. The standard InChI is InChI=1S/C25H21F3N2O4/c1-15(23(32)30-20-13-11-19(12-14-20)29-16(2)31)34-24(33)22-6-4-3-5-21(22)17-7-9-18(10-8-17)25(26,27)28/h3-15H,1-2H3,(H,29,31)(H,30,32)/t15-/m1/s1. The third-order valence-electron chi connectivity index (χ3n) is 4.80. The molecule has 0 heterocycles. The molecule has 0 aliphatic rings. The second kappa shape index (κ2) is 10.2. The molecule has 0 radical (unpaired) electrons. The van der Waals surface area contributed by atoms with E-state index in [9.17, 15) is 27.6 Å². The van der Waals surface area contributed by atoms with E-state index in [4.69, 9.17) is 4.74 Å². The summed E-state index contributed by atoms with van der Waals surface area (Å²) < 4.78 is 43.8. The zero-order chi connectivity index (χ0) is 24.9. The van der Waals surface area contributed by atoms with Gasteiger partial charge in [0.2, 0.25) is 5.91 Å². The molecule has 0 unspecified atom stereocenters. The van der Waals surface area contributed by atoms with Crippen LogP contribution < -0.4 is 10.6 Å². The highest BCUT2D eigenvalue weighted by molar-refractivity contribution is 6.00. The minimum Gasteiger partial charge on any atom is -0.449 e. The molecule has 0 aliphatic carbocycles. The normalized spacial score (nSPS) is 11.9. The second-order valence-electron chi connectivity index (χ2n) is 7.42. The predicted octanol–water partition coefficient (Wildman–Crippen LogP) is 5.51. The van der Waals surface area contributed by atoms with Crippen molar-refractivity contribution < 1.29 is 32.3 Å². The lowest BCUT2D eigenvalue weighted by molar-refractivity contribution is -0.137. The molecule has 34 heavy (non-hydrogen) atoms. The van der Waals surface area contributed by atoms with Crippen molar-refractivity contribution in [2.24, 2.45) is 0 Å². The number of anilines is 2. The van der Waals surface area contributed by atoms with Crippen molar-refractivity contribution in [1.82, 2.24) is 0 Å². The molecule has 3 aromatic carbocycles. The summed E-state index contributed by atoms with van der Waals surface area (Å²) in [4.78, 5) is 36.3. The highest BCUT2D eigenvalue weighted by atomic mass is 19.4. The van der Waals surface area contributed by atoms with Crippen molar-refractivity contribution in [2.45, 2.75) is 26.1 Å². The lowest BCUT2D eigenvalue weighted by Gasteiger charge is -2.16. The van der Waals surface area contributed by atoms with Gasteiger partial charge in [-0.25, -0.2) is 4.79 Å². The number of hydrogen-bond acceptors (Lipinski definition) is 4. The summed E-state index contributed by atoms with van der Waals surface area (Å²) in [6.07, 6.45) is -5.62. The van der Waals surface area contributed by atoms with E-state index in [0.717, 1.165) is 12.1 Å². The summed E-state index contributed by atoms with van der Waals surface area (Å²) in [6.45, 7) is 2.78. The number of esters is 1. The van der Waals surface area contributed by atoms with E-state index in [1.165, 1.54) is 32.0 Å². The van der Waals surface area contributed by atoms with Crippen LogP contribution >= 0.6 is 0 Å². The Morgan fingerprint density at radius 3 is 1.94 bits per heavy atom. The zero-order valence-electron chi connectivity index (χ0n) is 18.3. The van der Waals surface area contributed by atoms with Crippen LogP contribution in [-0.4, -0.2) is 23.9 Å². The Morgan fingerprint density at radius 1 is 0.824 bits per heavy atom. The quantitative estimate of drug-likeness (QED) is 0.465. The Kier molecular flexibility index (Phi) is 7.35. The van der Waals surface area contributed by atoms with E-state index in [1.807, 2.05) is 0 Å². The maximum absolute atomic E-state index is 12.8. The first-order chi connectivity index (χ1) is 16.0. The second-order valence-corrected chi connectivity index (χ2v) is 7.42.